The highest BCUT2D eigenvalue weighted by Gasteiger charge is 2.20. The molecule has 2 aromatic heterocycles. The molecule has 3 heterocycles. The summed E-state index contributed by atoms with van der Waals surface area (Å²) >= 11 is 0. The first kappa shape index (κ1) is 19.2. The molecule has 0 amide bonds. The van der Waals surface area contributed by atoms with Gasteiger partial charge in [0.2, 0.25) is 5.78 Å². The van der Waals surface area contributed by atoms with Gasteiger partial charge in [-0.1, -0.05) is 18.7 Å². The van der Waals surface area contributed by atoms with Gasteiger partial charge in [-0.15, -0.1) is 0 Å². The van der Waals surface area contributed by atoms with Crippen molar-refractivity contribution >= 4 is 17.7 Å². The number of nitrogens with zero attached hydrogens (tertiary/aromatic N) is 4. The predicted octanol–water partition coefficient (Wildman–Crippen LogP) is 3.58. The van der Waals surface area contributed by atoms with E-state index in [0.717, 1.165) is 44.0 Å². The highest BCUT2D eigenvalue weighted by Crippen LogP contribution is 2.19. The highest BCUT2D eigenvalue weighted by atomic mass is 16.1. The molecule has 0 unspecified atom stereocenters. The van der Waals surface area contributed by atoms with E-state index in [4.69, 9.17) is 0 Å². The Balaban J connectivity index is 1.83. The van der Waals surface area contributed by atoms with Crippen LogP contribution in [0, 0.1) is 6.92 Å². The monoisotopic (exact) mass is 364 g/mol. The first-order chi connectivity index (χ1) is 13.0. The van der Waals surface area contributed by atoms with E-state index in [9.17, 15) is 4.79 Å². The largest absolute Gasteiger partial charge is 0.355 e. The third-order valence-electron chi connectivity index (χ3n) is 5.14. The number of pyridine rings is 2. The molecule has 1 aliphatic heterocycles. The molecule has 0 saturated carbocycles. The first-order valence-corrected chi connectivity index (χ1v) is 9.59. The molecule has 0 aliphatic carbocycles. The molecule has 0 bridgehead atoms. The molecule has 3 rings (SSSR count). The number of hydrogen-bond donors (Lipinski definition) is 0. The molecule has 2 aromatic rings. The van der Waals surface area contributed by atoms with Crippen molar-refractivity contribution in [1.29, 1.82) is 0 Å². The van der Waals surface area contributed by atoms with E-state index in [1.807, 2.05) is 25.1 Å². The first-order valence-electron chi connectivity index (χ1n) is 9.59. The number of aromatic nitrogens is 2. The molecule has 142 valence electrons. The lowest BCUT2D eigenvalue weighted by Gasteiger charge is -2.25. The van der Waals surface area contributed by atoms with Crippen LogP contribution in [0.15, 0.2) is 37.0 Å². The summed E-state index contributed by atoms with van der Waals surface area (Å²) < 4.78 is 0. The predicted molar refractivity (Wildman–Crippen MR) is 110 cm³/mol. The van der Waals surface area contributed by atoms with Gasteiger partial charge in [0.15, 0.2) is 0 Å². The van der Waals surface area contributed by atoms with Crippen molar-refractivity contribution in [2.75, 3.05) is 31.1 Å². The molecule has 27 heavy (non-hydrogen) atoms. The molecular weight excluding hydrogens is 336 g/mol. The van der Waals surface area contributed by atoms with Crippen molar-refractivity contribution in [1.82, 2.24) is 14.9 Å². The lowest BCUT2D eigenvalue weighted by atomic mass is 10.0. The third-order valence-corrected chi connectivity index (χ3v) is 5.14. The van der Waals surface area contributed by atoms with Gasteiger partial charge >= 0.3 is 0 Å². The van der Waals surface area contributed by atoms with Gasteiger partial charge in [-0.25, -0.2) is 4.98 Å². The van der Waals surface area contributed by atoms with Gasteiger partial charge in [-0.05, 0) is 51.0 Å². The molecule has 0 atom stereocenters. The maximum absolute atomic E-state index is 13.0. The van der Waals surface area contributed by atoms with E-state index in [-0.39, 0.29) is 5.78 Å². The zero-order chi connectivity index (χ0) is 19.4. The minimum atomic E-state index is -0.0934. The zero-order valence-electron chi connectivity index (χ0n) is 16.5. The minimum Gasteiger partial charge on any atom is -0.355 e. The molecule has 5 nitrogen and oxygen atoms in total. The second-order valence-electron chi connectivity index (χ2n) is 7.29. The molecule has 0 N–H and O–H groups in total. The third kappa shape index (κ3) is 4.42. The number of ketones is 1. The summed E-state index contributed by atoms with van der Waals surface area (Å²) in [6.07, 6.45) is 4.52. The lowest BCUT2D eigenvalue weighted by Crippen LogP contribution is -2.35. The second kappa shape index (κ2) is 8.44. The van der Waals surface area contributed by atoms with E-state index >= 15 is 0 Å². The fourth-order valence-corrected chi connectivity index (χ4v) is 3.44. The van der Waals surface area contributed by atoms with Gasteiger partial charge in [0.05, 0.1) is 0 Å². The van der Waals surface area contributed by atoms with Crippen LogP contribution in [0.4, 0.5) is 5.82 Å². The Kier molecular flexibility index (Phi) is 6.01. The SMILES string of the molecule is C=Cc1cnc(C)c(C(=O)c2cccc(N3CCCN(C(C)C)CC3)n2)c1. The summed E-state index contributed by atoms with van der Waals surface area (Å²) in [4.78, 5) is 26.8. The second-order valence-corrected chi connectivity index (χ2v) is 7.29. The Bertz CT molecular complexity index is 831. The van der Waals surface area contributed by atoms with Gasteiger partial charge in [0.25, 0.3) is 0 Å². The van der Waals surface area contributed by atoms with Crippen LogP contribution in [0.5, 0.6) is 0 Å². The van der Waals surface area contributed by atoms with Crippen LogP contribution in [0.3, 0.4) is 0 Å². The standard InChI is InChI=1S/C22H28N4O/c1-5-18-14-19(17(4)23-15-18)22(27)20-8-6-9-21(24-20)26-11-7-10-25(12-13-26)16(2)3/h5-6,8-9,14-16H,1,7,10-13H2,2-4H3. The van der Waals surface area contributed by atoms with Crippen molar-refractivity contribution in [3.05, 3.63) is 59.6 Å². The summed E-state index contributed by atoms with van der Waals surface area (Å²) in [6.45, 7) is 14.1. The van der Waals surface area contributed by atoms with Crippen molar-refractivity contribution in [3.8, 4) is 0 Å². The molecule has 0 aromatic carbocycles. The Labute approximate surface area is 161 Å². The normalized spacial score (nSPS) is 15.6. The van der Waals surface area contributed by atoms with Gasteiger partial charge in [0, 0.05) is 49.7 Å². The summed E-state index contributed by atoms with van der Waals surface area (Å²) in [5.41, 5.74) is 2.59. The van der Waals surface area contributed by atoms with Gasteiger partial charge in [0.1, 0.15) is 11.5 Å². The Morgan fingerprint density at radius 3 is 2.78 bits per heavy atom. The van der Waals surface area contributed by atoms with Crippen LogP contribution < -0.4 is 4.90 Å². The van der Waals surface area contributed by atoms with Crippen molar-refractivity contribution < 1.29 is 4.79 Å². The van der Waals surface area contributed by atoms with Crippen LogP contribution in [0.25, 0.3) is 6.08 Å². The summed E-state index contributed by atoms with van der Waals surface area (Å²) in [5, 5.41) is 0. The summed E-state index contributed by atoms with van der Waals surface area (Å²) in [7, 11) is 0. The lowest BCUT2D eigenvalue weighted by molar-refractivity contribution is 0.103. The Morgan fingerprint density at radius 1 is 1.22 bits per heavy atom. The number of carbonyl (C=O) groups is 1. The highest BCUT2D eigenvalue weighted by molar-refractivity contribution is 6.08. The number of aryl methyl sites for hydroxylation is 1. The molecule has 1 fully saturated rings. The van der Waals surface area contributed by atoms with E-state index in [0.29, 0.717) is 23.0 Å². The quantitative estimate of drug-likeness (QED) is 0.759. The number of hydrogen-bond acceptors (Lipinski definition) is 5. The topological polar surface area (TPSA) is 49.3 Å². The molecule has 1 aliphatic rings. The number of rotatable bonds is 5. The molecule has 0 radical (unpaired) electrons. The Hall–Kier alpha value is -2.53. The van der Waals surface area contributed by atoms with Crippen LogP contribution in [0.1, 0.15) is 47.6 Å². The Morgan fingerprint density at radius 2 is 2.04 bits per heavy atom. The van der Waals surface area contributed by atoms with Gasteiger partial charge in [-0.3, -0.25) is 14.7 Å². The van der Waals surface area contributed by atoms with E-state index < -0.39 is 0 Å². The minimum absolute atomic E-state index is 0.0934. The van der Waals surface area contributed by atoms with Crippen LogP contribution in [-0.2, 0) is 0 Å². The van der Waals surface area contributed by atoms with Crippen LogP contribution in [-0.4, -0.2) is 52.9 Å². The van der Waals surface area contributed by atoms with Crippen LogP contribution >= 0.6 is 0 Å². The number of anilines is 1. The zero-order valence-corrected chi connectivity index (χ0v) is 16.5. The fraction of sp³-hybridized carbons (Fsp3) is 0.409. The molecular formula is C22H28N4O. The maximum atomic E-state index is 13.0. The van der Waals surface area contributed by atoms with Crippen LogP contribution in [0.2, 0.25) is 0 Å². The van der Waals surface area contributed by atoms with E-state index in [1.165, 1.54) is 0 Å². The van der Waals surface area contributed by atoms with Crippen molar-refractivity contribution in [3.63, 3.8) is 0 Å². The van der Waals surface area contributed by atoms with Gasteiger partial charge in [-0.2, -0.15) is 0 Å². The summed E-state index contributed by atoms with van der Waals surface area (Å²) in [6, 6.07) is 8.08. The van der Waals surface area contributed by atoms with Gasteiger partial charge < -0.3 is 4.90 Å². The summed E-state index contributed by atoms with van der Waals surface area (Å²) in [5.74, 6) is 0.779. The maximum Gasteiger partial charge on any atom is 0.213 e. The molecule has 0 spiro atoms. The smallest absolute Gasteiger partial charge is 0.213 e. The van der Waals surface area contributed by atoms with E-state index in [2.05, 4.69) is 40.2 Å². The van der Waals surface area contributed by atoms with Crippen molar-refractivity contribution in [2.24, 2.45) is 0 Å². The molecule has 5 heteroatoms. The van der Waals surface area contributed by atoms with Crippen molar-refractivity contribution in [2.45, 2.75) is 33.2 Å². The number of carbonyl (C=O) groups excluding carboxylic acids is 1. The van der Waals surface area contributed by atoms with E-state index in [1.54, 1.807) is 18.3 Å². The molecule has 1 saturated heterocycles. The average molecular weight is 364 g/mol. The average Bonchev–Trinajstić information content (AvgIpc) is 2.94. The fourth-order valence-electron chi connectivity index (χ4n) is 3.44.